The Morgan fingerprint density at radius 1 is 1.47 bits per heavy atom. The number of carbonyl (C=O) groups is 1. The molecule has 1 heterocycles. The van der Waals surface area contributed by atoms with E-state index in [1.165, 1.54) is 10.4 Å². The van der Waals surface area contributed by atoms with Crippen LogP contribution >= 0.6 is 0 Å². The van der Waals surface area contributed by atoms with E-state index in [-0.39, 0.29) is 68.4 Å². The molecule has 1 aliphatic heterocycles. The average Bonchev–Trinajstić information content (AvgIpc) is 2.62. The van der Waals surface area contributed by atoms with Crippen LogP contribution in [-0.2, 0) is 26.5 Å². The van der Waals surface area contributed by atoms with Crippen LogP contribution in [0, 0.1) is 13.0 Å². The van der Waals surface area contributed by atoms with Crippen molar-refractivity contribution < 1.29 is 56.4 Å². The quantitative estimate of drug-likeness (QED) is 0.407. The first kappa shape index (κ1) is 21.0. The van der Waals surface area contributed by atoms with E-state index < -0.39 is 0 Å². The zero-order chi connectivity index (χ0) is 8.97. The van der Waals surface area contributed by atoms with Gasteiger partial charge < -0.3 is 41.6 Å². The van der Waals surface area contributed by atoms with Crippen molar-refractivity contribution >= 4 is 15.3 Å². The predicted molar refractivity (Wildman–Crippen MR) is 50.1 cm³/mol. The van der Waals surface area contributed by atoms with Crippen molar-refractivity contribution in [1.29, 1.82) is 0 Å². The smallest absolute Gasteiger partial charge is 1.00 e. The van der Waals surface area contributed by atoms with Gasteiger partial charge in [0, 0.05) is 6.61 Å². The Kier molecular flexibility index (Phi) is 15.5. The molecule has 0 unspecified atom stereocenters. The van der Waals surface area contributed by atoms with Gasteiger partial charge in [0.15, 0.2) is 0 Å². The van der Waals surface area contributed by atoms with Crippen LogP contribution in [0.2, 0.25) is 0 Å². The number of halogens is 2. The second-order valence-electron chi connectivity index (χ2n) is 2.74. The largest absolute Gasteiger partial charge is 4.00 e. The molecule has 2 nitrogen and oxygen atoms in total. The number of hydrogen-bond acceptors (Lipinski definition) is 2. The second-order valence-corrected chi connectivity index (χ2v) is 4.57. The van der Waals surface area contributed by atoms with Gasteiger partial charge >= 0.3 is 21.7 Å². The molecule has 0 atom stereocenters. The summed E-state index contributed by atoms with van der Waals surface area (Å²) in [6, 6.07) is 0. The maximum atomic E-state index is 10.3. The topological polar surface area (TPSA) is 37.3 Å². The van der Waals surface area contributed by atoms with Crippen molar-refractivity contribution in [3.8, 4) is 0 Å². The van der Waals surface area contributed by atoms with Gasteiger partial charge in [-0.3, -0.25) is 0 Å². The summed E-state index contributed by atoms with van der Waals surface area (Å²) in [4.78, 5) is 10.3. The standard InChI is InChI=1S/C5H3OSi.C4H9O.2ClH.Ti/c6-3-1-4-5(2-3)7-4;1-2-3-4-5;;;/h1H,7H2;5H,1-4H2;2*1H;/q2*-1;;;+4/p-2. The molecular formula is C9H12Cl2O2SiTi. The number of rotatable bonds is 2. The van der Waals surface area contributed by atoms with Crippen LogP contribution in [0.3, 0.4) is 0 Å². The van der Waals surface area contributed by atoms with Gasteiger partial charge in [-0.2, -0.15) is 17.7 Å². The molecule has 1 saturated heterocycles. The number of aliphatic hydroxyl groups excluding tert-OH is 1. The molecule has 2 aliphatic rings. The Morgan fingerprint density at radius 2 is 2.07 bits per heavy atom. The maximum Gasteiger partial charge on any atom is 4.00 e. The van der Waals surface area contributed by atoms with Crippen LogP contribution in [0.4, 0.5) is 0 Å². The molecule has 1 aliphatic carbocycles. The Balaban J connectivity index is -0.000000168. The summed E-state index contributed by atoms with van der Waals surface area (Å²) in [5.41, 5.74) is 0. The number of unbranched alkanes of at least 4 members (excludes halogenated alkanes) is 1. The second kappa shape index (κ2) is 11.1. The summed E-state index contributed by atoms with van der Waals surface area (Å²) in [7, 11) is 0.00585. The zero-order valence-electron chi connectivity index (χ0n) is 8.22. The van der Waals surface area contributed by atoms with Crippen LogP contribution in [0.25, 0.3) is 0 Å². The number of fused-ring (bicyclic) bond motifs is 1. The predicted octanol–water partition coefficient (Wildman–Crippen LogP) is -6.08. The van der Waals surface area contributed by atoms with E-state index in [2.05, 4.69) is 13.0 Å². The minimum atomic E-state index is 0. The molecule has 1 N–H and O–H groups in total. The fourth-order valence-corrected chi connectivity index (χ4v) is 1.90. The first-order valence-corrected chi connectivity index (χ1v) is 5.47. The third kappa shape index (κ3) is 8.43. The van der Waals surface area contributed by atoms with Gasteiger partial charge in [0.05, 0.1) is 5.78 Å². The van der Waals surface area contributed by atoms with Gasteiger partial charge in [-0.25, -0.2) is 5.20 Å². The van der Waals surface area contributed by atoms with Crippen molar-refractivity contribution in [2.24, 2.45) is 0 Å². The fourth-order valence-electron chi connectivity index (χ4n) is 0.864. The maximum absolute atomic E-state index is 10.3. The minimum Gasteiger partial charge on any atom is -1.00 e. The molecule has 0 radical (unpaired) electrons. The van der Waals surface area contributed by atoms with E-state index in [9.17, 15) is 4.79 Å². The van der Waals surface area contributed by atoms with Crippen molar-refractivity contribution in [2.45, 2.75) is 12.8 Å². The number of hydrogen-bond donors (Lipinski definition) is 1. The molecule has 0 aromatic carbocycles. The molecule has 0 aromatic rings. The number of aliphatic hydroxyl groups is 1. The number of allylic oxidation sites excluding steroid dienone is 4. The van der Waals surface area contributed by atoms with Gasteiger partial charge in [-0.15, -0.1) is 6.08 Å². The molecule has 0 spiro atoms. The summed E-state index contributed by atoms with van der Waals surface area (Å²) >= 11 is 0. The number of carbonyl (C=O) groups excluding carboxylic acids is 1. The molecule has 1 fully saturated rings. The van der Waals surface area contributed by atoms with Gasteiger partial charge in [0.1, 0.15) is 0 Å². The Bertz CT molecular complexity index is 232. The average molecular weight is 299 g/mol. The van der Waals surface area contributed by atoms with Crippen LogP contribution in [0.15, 0.2) is 16.5 Å². The van der Waals surface area contributed by atoms with Crippen molar-refractivity contribution in [1.82, 2.24) is 0 Å². The Labute approximate surface area is 120 Å². The molecule has 6 heteroatoms. The van der Waals surface area contributed by atoms with Crippen LogP contribution < -0.4 is 24.8 Å². The van der Waals surface area contributed by atoms with Crippen molar-refractivity contribution in [3.63, 3.8) is 0 Å². The van der Waals surface area contributed by atoms with Crippen LogP contribution in [0.1, 0.15) is 12.8 Å². The van der Waals surface area contributed by atoms with E-state index in [0.717, 1.165) is 12.8 Å². The molecule has 15 heavy (non-hydrogen) atoms. The molecule has 82 valence electrons. The van der Waals surface area contributed by atoms with Crippen molar-refractivity contribution in [2.75, 3.05) is 6.61 Å². The normalized spacial score (nSPS) is 15.5. The zero-order valence-corrected chi connectivity index (χ0v) is 12.7. The molecule has 0 amide bonds. The fraction of sp³-hybridized carbons (Fsp3) is 0.333. The Morgan fingerprint density at radius 3 is 2.20 bits per heavy atom. The molecular weight excluding hydrogens is 287 g/mol. The van der Waals surface area contributed by atoms with E-state index in [1.807, 2.05) is 0 Å². The summed E-state index contributed by atoms with van der Waals surface area (Å²) in [5.74, 6) is 0.0868. The van der Waals surface area contributed by atoms with Gasteiger partial charge in [-0.1, -0.05) is 6.42 Å². The van der Waals surface area contributed by atoms with Crippen molar-refractivity contribution in [3.05, 3.63) is 29.5 Å². The third-order valence-corrected chi connectivity index (χ3v) is 3.11. The molecule has 0 aromatic heterocycles. The van der Waals surface area contributed by atoms with Gasteiger partial charge in [0.25, 0.3) is 0 Å². The molecule has 2 rings (SSSR count). The molecule has 0 saturated carbocycles. The first-order chi connectivity index (χ1) is 5.77. The van der Waals surface area contributed by atoms with Crippen LogP contribution in [-0.4, -0.2) is 27.0 Å². The summed E-state index contributed by atoms with van der Waals surface area (Å²) in [6.07, 6.45) is 6.12. The summed E-state index contributed by atoms with van der Waals surface area (Å²) in [6.45, 7) is 3.80. The number of ketones is 1. The summed E-state index contributed by atoms with van der Waals surface area (Å²) < 4.78 is 0. The third-order valence-electron chi connectivity index (χ3n) is 1.62. The van der Waals surface area contributed by atoms with Gasteiger partial charge in [0.2, 0.25) is 0 Å². The van der Waals surface area contributed by atoms with Crippen LogP contribution in [0.5, 0.6) is 0 Å². The monoisotopic (exact) mass is 298 g/mol. The van der Waals surface area contributed by atoms with E-state index >= 15 is 0 Å². The first-order valence-electron chi connectivity index (χ1n) is 4.05. The van der Waals surface area contributed by atoms with E-state index in [1.54, 1.807) is 6.08 Å². The SMILES string of the molecule is O=C1[C-]=C2[SiH2]C2=C1.[CH2-]CCCO.[Cl-].[Cl-].[Ti+4]. The van der Waals surface area contributed by atoms with E-state index in [4.69, 9.17) is 5.11 Å². The van der Waals surface area contributed by atoms with E-state index in [0.29, 0.717) is 0 Å². The minimum absolute atomic E-state index is 0. The Hall–Kier alpha value is 0.621. The summed E-state index contributed by atoms with van der Waals surface area (Å²) in [5, 5.41) is 10.6. The van der Waals surface area contributed by atoms with Gasteiger partial charge in [-0.05, 0) is 9.52 Å². The molecule has 0 bridgehead atoms.